The van der Waals surface area contributed by atoms with Crippen LogP contribution in [0.3, 0.4) is 0 Å². The van der Waals surface area contributed by atoms with Crippen molar-refractivity contribution in [2.75, 3.05) is 19.8 Å². The Kier molecular flexibility index (Phi) is 37.9. The van der Waals surface area contributed by atoms with Crippen molar-refractivity contribution in [1.29, 1.82) is 0 Å². The maximum Gasteiger partial charge on any atom is 0.472 e. The lowest BCUT2D eigenvalue weighted by Crippen LogP contribution is -2.34. The Labute approximate surface area is 340 Å². The molecule has 0 aromatic carbocycles. The molecule has 0 aliphatic heterocycles. The Morgan fingerprint density at radius 3 is 1.57 bits per heavy atom. The summed E-state index contributed by atoms with van der Waals surface area (Å²) < 4.78 is 32.6. The van der Waals surface area contributed by atoms with Crippen LogP contribution in [0, 0.1) is 0 Å². The number of carbonyl (C=O) groups is 3. The fourth-order valence-corrected chi connectivity index (χ4v) is 6.80. The number of carbonyl (C=O) groups excluding carboxylic acids is 2. The molecule has 0 saturated heterocycles. The van der Waals surface area contributed by atoms with Crippen LogP contribution in [0.25, 0.3) is 0 Å². The van der Waals surface area contributed by atoms with Gasteiger partial charge in [0, 0.05) is 12.8 Å². The molecule has 0 saturated carbocycles. The van der Waals surface area contributed by atoms with Gasteiger partial charge in [-0.25, -0.2) is 4.57 Å². The molecule has 0 spiro atoms. The number of nitrogens with two attached hydrogens (primary N) is 1. The van der Waals surface area contributed by atoms with Crippen LogP contribution in [0.2, 0.25) is 0 Å². The van der Waals surface area contributed by atoms with Crippen LogP contribution in [-0.2, 0) is 37.5 Å². The molecular formula is C44H80NO10P. The van der Waals surface area contributed by atoms with Gasteiger partial charge in [-0.1, -0.05) is 159 Å². The summed E-state index contributed by atoms with van der Waals surface area (Å²) >= 11 is 0. The molecule has 0 aliphatic rings. The lowest BCUT2D eigenvalue weighted by atomic mass is 10.0. The zero-order valence-electron chi connectivity index (χ0n) is 35.1. The van der Waals surface area contributed by atoms with E-state index < -0.39 is 51.1 Å². The van der Waals surface area contributed by atoms with Gasteiger partial charge in [0.1, 0.15) is 12.6 Å². The molecule has 0 amide bonds. The molecule has 0 bridgehead atoms. The molecule has 4 N–H and O–H groups in total. The van der Waals surface area contributed by atoms with E-state index in [0.29, 0.717) is 19.3 Å². The molecule has 56 heavy (non-hydrogen) atoms. The van der Waals surface area contributed by atoms with E-state index in [2.05, 4.69) is 36.3 Å². The minimum atomic E-state index is -4.73. The number of carboxylic acid groups (broad SMARTS) is 1. The van der Waals surface area contributed by atoms with Gasteiger partial charge in [-0.15, -0.1) is 6.58 Å². The van der Waals surface area contributed by atoms with Crippen molar-refractivity contribution in [2.24, 2.45) is 5.73 Å². The summed E-state index contributed by atoms with van der Waals surface area (Å²) in [5, 5.41) is 8.88. The van der Waals surface area contributed by atoms with E-state index in [9.17, 15) is 23.8 Å². The molecule has 1 unspecified atom stereocenters. The lowest BCUT2D eigenvalue weighted by molar-refractivity contribution is -0.161. The molecule has 11 nitrogen and oxygen atoms in total. The Morgan fingerprint density at radius 1 is 0.607 bits per heavy atom. The normalized spacial score (nSPS) is 13.8. The summed E-state index contributed by atoms with van der Waals surface area (Å²) in [6.45, 7) is 4.29. The number of phosphoric acid groups is 1. The molecule has 0 fully saturated rings. The molecule has 12 heteroatoms. The molecule has 0 radical (unpaired) electrons. The molecule has 0 heterocycles. The first kappa shape index (κ1) is 53.7. The van der Waals surface area contributed by atoms with Crippen molar-refractivity contribution >= 4 is 25.7 Å². The zero-order chi connectivity index (χ0) is 41.4. The Balaban J connectivity index is 4.40. The average Bonchev–Trinajstić information content (AvgIpc) is 3.17. The van der Waals surface area contributed by atoms with E-state index in [1.807, 2.05) is 12.2 Å². The monoisotopic (exact) mass is 814 g/mol. The number of esters is 2. The molecule has 0 rings (SSSR count). The van der Waals surface area contributed by atoms with E-state index >= 15 is 0 Å². The molecule has 326 valence electrons. The Bertz CT molecular complexity index is 1080. The van der Waals surface area contributed by atoms with Crippen LogP contribution in [-0.4, -0.2) is 59.9 Å². The van der Waals surface area contributed by atoms with Gasteiger partial charge < -0.3 is 25.2 Å². The summed E-state index contributed by atoms with van der Waals surface area (Å²) in [4.78, 5) is 45.9. The number of unbranched alkanes of at least 4 members (excludes halogenated alkanes) is 23. The quantitative estimate of drug-likeness (QED) is 0.0232. The average molecular weight is 814 g/mol. The lowest BCUT2D eigenvalue weighted by Gasteiger charge is -2.20. The van der Waals surface area contributed by atoms with E-state index in [4.69, 9.17) is 24.8 Å². The molecule has 0 aliphatic carbocycles. The van der Waals surface area contributed by atoms with Gasteiger partial charge in [0.05, 0.1) is 13.2 Å². The number of carboxylic acids is 1. The van der Waals surface area contributed by atoms with Gasteiger partial charge in [-0.2, -0.15) is 0 Å². The highest BCUT2D eigenvalue weighted by Gasteiger charge is 2.28. The Hall–Kier alpha value is -2.30. The summed E-state index contributed by atoms with van der Waals surface area (Å²) in [5.74, 6) is -2.44. The van der Waals surface area contributed by atoms with Crippen molar-refractivity contribution in [3.63, 3.8) is 0 Å². The van der Waals surface area contributed by atoms with Crippen molar-refractivity contribution < 1.29 is 47.5 Å². The van der Waals surface area contributed by atoms with Crippen molar-refractivity contribution in [2.45, 2.75) is 205 Å². The number of ether oxygens (including phenoxy) is 2. The molecular weight excluding hydrogens is 733 g/mol. The predicted molar refractivity (Wildman–Crippen MR) is 226 cm³/mol. The maximum absolute atomic E-state index is 12.6. The first-order chi connectivity index (χ1) is 27.1. The maximum atomic E-state index is 12.6. The minimum absolute atomic E-state index is 0.0976. The van der Waals surface area contributed by atoms with Gasteiger partial charge in [0.25, 0.3) is 0 Å². The number of rotatable bonds is 42. The number of hydrogen-bond acceptors (Lipinski definition) is 9. The molecule has 0 aromatic heterocycles. The highest BCUT2D eigenvalue weighted by atomic mass is 31.2. The SMILES string of the molecule is C=CCCCCCCCCCCCCCCCC(=O)OC[C@H](COP(=O)(O)OC[C@H](N)C(=O)O)OC(=O)CCC/C=C/C/C=C/CCCCCCCCCCC. The predicted octanol–water partition coefficient (Wildman–Crippen LogP) is 11.6. The third kappa shape index (κ3) is 38.6. The summed E-state index contributed by atoms with van der Waals surface area (Å²) in [5.41, 5.74) is 5.33. The first-order valence-corrected chi connectivity index (χ1v) is 23.5. The topological polar surface area (TPSA) is 172 Å². The van der Waals surface area contributed by atoms with Gasteiger partial charge >= 0.3 is 25.7 Å². The van der Waals surface area contributed by atoms with Crippen molar-refractivity contribution in [1.82, 2.24) is 0 Å². The minimum Gasteiger partial charge on any atom is -0.480 e. The highest BCUT2D eigenvalue weighted by molar-refractivity contribution is 7.47. The second kappa shape index (κ2) is 39.5. The third-order valence-electron chi connectivity index (χ3n) is 9.51. The summed E-state index contributed by atoms with van der Waals surface area (Å²) in [7, 11) is -4.73. The smallest absolute Gasteiger partial charge is 0.472 e. The van der Waals surface area contributed by atoms with Crippen LogP contribution in [0.5, 0.6) is 0 Å². The Morgan fingerprint density at radius 2 is 1.05 bits per heavy atom. The summed E-state index contributed by atoms with van der Waals surface area (Å²) in [6.07, 6.45) is 41.1. The number of allylic oxidation sites excluding steroid dienone is 5. The summed E-state index contributed by atoms with van der Waals surface area (Å²) in [6, 6.07) is -1.53. The third-order valence-corrected chi connectivity index (χ3v) is 10.5. The van der Waals surface area contributed by atoms with E-state index in [-0.39, 0.29) is 19.4 Å². The van der Waals surface area contributed by atoms with Gasteiger partial charge in [0.15, 0.2) is 6.10 Å². The molecule has 0 aromatic rings. The first-order valence-electron chi connectivity index (χ1n) is 22.0. The van der Waals surface area contributed by atoms with E-state index in [1.54, 1.807) is 0 Å². The van der Waals surface area contributed by atoms with Crippen molar-refractivity contribution in [3.05, 3.63) is 37.0 Å². The van der Waals surface area contributed by atoms with E-state index in [0.717, 1.165) is 38.5 Å². The molecule has 3 atom stereocenters. The van der Waals surface area contributed by atoms with Gasteiger partial charge in [0.2, 0.25) is 0 Å². The van der Waals surface area contributed by atoms with Crippen molar-refractivity contribution in [3.8, 4) is 0 Å². The fourth-order valence-electron chi connectivity index (χ4n) is 6.03. The van der Waals surface area contributed by atoms with Crippen LogP contribution in [0.1, 0.15) is 193 Å². The van der Waals surface area contributed by atoms with Crippen LogP contribution in [0.15, 0.2) is 37.0 Å². The van der Waals surface area contributed by atoms with Crippen LogP contribution >= 0.6 is 7.82 Å². The highest BCUT2D eigenvalue weighted by Crippen LogP contribution is 2.43. The second-order valence-electron chi connectivity index (χ2n) is 14.9. The fraction of sp³-hybridized carbons (Fsp3) is 0.795. The van der Waals surface area contributed by atoms with Crippen LogP contribution in [0.4, 0.5) is 0 Å². The standard InChI is InChI=1S/C44H80NO10P/c1-3-5-7-9-11-13-15-17-19-20-22-24-26-28-30-32-34-36-43(47)55-40(38-53-56(50,51)54-39-41(45)44(48)49)37-52-42(46)35-33-31-29-27-25-23-21-18-16-14-12-10-8-6-4-2/h4,22,24,28,30,40-41H,2-3,5-21,23,25-27,29,31-39,45H2,1H3,(H,48,49)(H,50,51)/b24-22+,30-28+/t40-,41+/m1/s1. The van der Waals surface area contributed by atoms with Gasteiger partial charge in [-0.3, -0.25) is 23.4 Å². The van der Waals surface area contributed by atoms with E-state index in [1.165, 1.54) is 116 Å². The number of aliphatic carboxylic acids is 1. The van der Waals surface area contributed by atoms with Crippen LogP contribution < -0.4 is 5.73 Å². The number of hydrogen-bond donors (Lipinski definition) is 3. The zero-order valence-corrected chi connectivity index (χ0v) is 36.0. The van der Waals surface area contributed by atoms with Gasteiger partial charge in [-0.05, 0) is 51.4 Å². The second-order valence-corrected chi connectivity index (χ2v) is 16.4. The largest absolute Gasteiger partial charge is 0.480 e. The number of phosphoric ester groups is 1.